The second-order valence-electron chi connectivity index (χ2n) is 14.9. The first-order valence-corrected chi connectivity index (χ1v) is 18.8. The molecular formula is C43H41F4N5O4. The lowest BCUT2D eigenvalue weighted by atomic mass is 9.89. The lowest BCUT2D eigenvalue weighted by Gasteiger charge is -2.33. The number of carbonyl (C=O) groups excluding carboxylic acids is 2. The molecule has 4 heterocycles. The van der Waals surface area contributed by atoms with Crippen molar-refractivity contribution < 1.29 is 31.9 Å². The molecule has 3 aliphatic heterocycles. The summed E-state index contributed by atoms with van der Waals surface area (Å²) in [6.07, 6.45) is 0.136. The van der Waals surface area contributed by atoms with Crippen molar-refractivity contribution in [2.75, 3.05) is 29.9 Å². The molecule has 0 spiro atoms. The van der Waals surface area contributed by atoms with E-state index in [1.165, 1.54) is 51.7 Å². The number of alkyl halides is 3. The SMILES string of the molecule is Cn1cc(-c2ccc(CN3CCc4c(CN5CCC(c6ccc(NC7CCC(=O)NC7=O)cc6)CC5)cccc43)c(OC(F)(F)F)c2)c2cc(F)ccc2c1=O. The van der Waals surface area contributed by atoms with Crippen molar-refractivity contribution in [1.82, 2.24) is 14.8 Å². The molecule has 0 saturated carbocycles. The fourth-order valence-electron chi connectivity index (χ4n) is 8.38. The molecule has 3 aliphatic rings. The molecule has 290 valence electrons. The van der Waals surface area contributed by atoms with Crippen LogP contribution in [0.4, 0.5) is 28.9 Å². The first kappa shape index (κ1) is 37.2. The number of anilines is 2. The van der Waals surface area contributed by atoms with E-state index in [0.29, 0.717) is 47.4 Å². The molecule has 2 amide bonds. The Hall–Kier alpha value is -5.69. The summed E-state index contributed by atoms with van der Waals surface area (Å²) in [5.41, 5.74) is 6.30. The number of nitrogens with zero attached hydrogens (tertiary/aromatic N) is 3. The predicted molar refractivity (Wildman–Crippen MR) is 206 cm³/mol. The third-order valence-corrected chi connectivity index (χ3v) is 11.3. The zero-order chi connectivity index (χ0) is 39.1. The number of likely N-dealkylation sites (tertiary alicyclic amines) is 1. The van der Waals surface area contributed by atoms with Crippen molar-refractivity contribution in [3.8, 4) is 16.9 Å². The van der Waals surface area contributed by atoms with E-state index in [9.17, 15) is 31.9 Å². The summed E-state index contributed by atoms with van der Waals surface area (Å²) in [6, 6.07) is 22.3. The van der Waals surface area contributed by atoms with Crippen LogP contribution in [0.2, 0.25) is 0 Å². The average molecular weight is 768 g/mol. The number of hydrogen-bond donors (Lipinski definition) is 2. The lowest BCUT2D eigenvalue weighted by molar-refractivity contribution is -0.274. The van der Waals surface area contributed by atoms with Gasteiger partial charge in [-0.3, -0.25) is 24.6 Å². The van der Waals surface area contributed by atoms with Gasteiger partial charge in [0.15, 0.2) is 0 Å². The van der Waals surface area contributed by atoms with Gasteiger partial charge in [-0.1, -0.05) is 36.4 Å². The van der Waals surface area contributed by atoms with Gasteiger partial charge in [-0.25, -0.2) is 4.39 Å². The van der Waals surface area contributed by atoms with Gasteiger partial charge in [0.05, 0.1) is 0 Å². The number of carbonyl (C=O) groups is 2. The van der Waals surface area contributed by atoms with Crippen LogP contribution in [0.1, 0.15) is 53.9 Å². The van der Waals surface area contributed by atoms with E-state index < -0.39 is 18.2 Å². The molecule has 13 heteroatoms. The van der Waals surface area contributed by atoms with Crippen LogP contribution >= 0.6 is 0 Å². The molecule has 1 aromatic heterocycles. The van der Waals surface area contributed by atoms with Gasteiger partial charge in [0.2, 0.25) is 11.8 Å². The number of imide groups is 1. The number of aryl methyl sites for hydroxylation is 1. The Morgan fingerprint density at radius 3 is 2.38 bits per heavy atom. The van der Waals surface area contributed by atoms with Gasteiger partial charge in [0.25, 0.3) is 5.56 Å². The molecule has 0 bridgehead atoms. The fraction of sp³-hybridized carbons (Fsp3) is 0.326. The molecule has 2 N–H and O–H groups in total. The number of fused-ring (bicyclic) bond motifs is 2. The van der Waals surface area contributed by atoms with E-state index in [0.717, 1.165) is 50.3 Å². The van der Waals surface area contributed by atoms with Crippen molar-refractivity contribution in [3.63, 3.8) is 0 Å². The maximum absolute atomic E-state index is 14.3. The van der Waals surface area contributed by atoms with E-state index in [1.807, 2.05) is 24.3 Å². The number of ether oxygens (including phenoxy) is 1. The zero-order valence-corrected chi connectivity index (χ0v) is 30.8. The third kappa shape index (κ3) is 7.86. The van der Waals surface area contributed by atoms with E-state index >= 15 is 0 Å². The Morgan fingerprint density at radius 1 is 0.839 bits per heavy atom. The Bertz CT molecular complexity index is 2370. The summed E-state index contributed by atoms with van der Waals surface area (Å²) in [7, 11) is 1.55. The van der Waals surface area contributed by atoms with Crippen molar-refractivity contribution >= 4 is 34.0 Å². The van der Waals surface area contributed by atoms with E-state index in [2.05, 4.69) is 43.4 Å². The van der Waals surface area contributed by atoms with Crippen LogP contribution in [-0.2, 0) is 36.1 Å². The maximum atomic E-state index is 14.3. The van der Waals surface area contributed by atoms with E-state index in [4.69, 9.17) is 0 Å². The van der Waals surface area contributed by atoms with Crippen LogP contribution in [0.5, 0.6) is 5.75 Å². The van der Waals surface area contributed by atoms with Gasteiger partial charge in [-0.05, 0) is 115 Å². The molecule has 2 fully saturated rings. The van der Waals surface area contributed by atoms with Gasteiger partial charge < -0.3 is 19.5 Å². The smallest absolute Gasteiger partial charge is 0.405 e. The first-order valence-electron chi connectivity index (χ1n) is 18.8. The number of rotatable bonds is 9. The summed E-state index contributed by atoms with van der Waals surface area (Å²) in [6.45, 7) is 3.47. The van der Waals surface area contributed by atoms with E-state index in [1.54, 1.807) is 19.2 Å². The highest BCUT2D eigenvalue weighted by Crippen LogP contribution is 2.38. The highest BCUT2D eigenvalue weighted by Gasteiger charge is 2.33. The normalized spacial score (nSPS) is 17.9. The van der Waals surface area contributed by atoms with Gasteiger partial charge in [-0.2, -0.15) is 0 Å². The molecule has 8 rings (SSSR count). The highest BCUT2D eigenvalue weighted by molar-refractivity contribution is 6.01. The molecule has 9 nitrogen and oxygen atoms in total. The summed E-state index contributed by atoms with van der Waals surface area (Å²) in [4.78, 5) is 40.9. The first-order chi connectivity index (χ1) is 26.9. The van der Waals surface area contributed by atoms with Gasteiger partial charge in [0.1, 0.15) is 17.6 Å². The number of nitrogens with one attached hydrogen (secondary N) is 2. The number of pyridine rings is 1. The summed E-state index contributed by atoms with van der Waals surface area (Å²) >= 11 is 0. The molecule has 5 aromatic rings. The molecule has 56 heavy (non-hydrogen) atoms. The second-order valence-corrected chi connectivity index (χ2v) is 14.9. The minimum Gasteiger partial charge on any atom is -0.405 e. The summed E-state index contributed by atoms with van der Waals surface area (Å²) in [5.74, 6) is -1.02. The van der Waals surface area contributed by atoms with Gasteiger partial charge in [0, 0.05) is 67.2 Å². The Kier molecular flexibility index (Phi) is 10.0. The van der Waals surface area contributed by atoms with Crippen LogP contribution in [0.25, 0.3) is 21.9 Å². The topological polar surface area (TPSA) is 95.9 Å². The molecule has 0 radical (unpaired) electrons. The van der Waals surface area contributed by atoms with Crippen molar-refractivity contribution in [2.24, 2.45) is 7.05 Å². The number of benzene rings is 4. The van der Waals surface area contributed by atoms with Crippen LogP contribution in [-0.4, -0.2) is 53.3 Å². The highest BCUT2D eigenvalue weighted by atomic mass is 19.4. The molecular weight excluding hydrogens is 726 g/mol. The third-order valence-electron chi connectivity index (χ3n) is 11.3. The lowest BCUT2D eigenvalue weighted by Crippen LogP contribution is -2.47. The van der Waals surface area contributed by atoms with Crippen LogP contribution in [0.15, 0.2) is 89.9 Å². The monoisotopic (exact) mass is 767 g/mol. The minimum absolute atomic E-state index is 0.192. The van der Waals surface area contributed by atoms with Gasteiger partial charge in [-0.15, -0.1) is 13.2 Å². The second kappa shape index (κ2) is 15.1. The number of halogens is 4. The van der Waals surface area contributed by atoms with E-state index in [-0.39, 0.29) is 35.1 Å². The van der Waals surface area contributed by atoms with Crippen LogP contribution in [0, 0.1) is 5.82 Å². The van der Waals surface area contributed by atoms with Crippen LogP contribution < -0.4 is 25.8 Å². The number of hydrogen-bond acceptors (Lipinski definition) is 7. The zero-order valence-electron chi connectivity index (χ0n) is 30.8. The fourth-order valence-corrected chi connectivity index (χ4v) is 8.38. The largest absolute Gasteiger partial charge is 0.573 e. The number of amides is 2. The van der Waals surface area contributed by atoms with Gasteiger partial charge >= 0.3 is 6.36 Å². The molecule has 0 aliphatic carbocycles. The maximum Gasteiger partial charge on any atom is 0.573 e. The van der Waals surface area contributed by atoms with Crippen LogP contribution in [0.3, 0.4) is 0 Å². The molecule has 4 aromatic carbocycles. The van der Waals surface area contributed by atoms with Crippen molar-refractivity contribution in [3.05, 3.63) is 123 Å². The predicted octanol–water partition coefficient (Wildman–Crippen LogP) is 7.40. The van der Waals surface area contributed by atoms with Crippen molar-refractivity contribution in [1.29, 1.82) is 0 Å². The minimum atomic E-state index is -4.94. The summed E-state index contributed by atoms with van der Waals surface area (Å²) in [5, 5.41) is 6.18. The molecule has 1 atom stereocenters. The quantitative estimate of drug-likeness (QED) is 0.119. The molecule has 1 unspecified atom stereocenters. The standard InChI is InChI=1S/C43H41F4N5O4/c1-50-25-36(35-22-31(44)9-12-34(35)42(50)55)28-5-6-30(39(21-28)56-43(45,46)47)24-52-20-17-33-29(3-2-4-38(33)52)23-51-18-15-27(16-19-51)26-7-10-32(11-8-26)48-37-13-14-40(53)49-41(37)54/h2-12,21-22,25,27,37,48H,13-20,23-24H2,1H3,(H,49,53,54). The van der Waals surface area contributed by atoms with Crippen molar-refractivity contribution in [2.45, 2.75) is 63.5 Å². The Morgan fingerprint density at radius 2 is 1.62 bits per heavy atom. The molecule has 2 saturated heterocycles. The Labute approximate surface area is 320 Å². The summed E-state index contributed by atoms with van der Waals surface area (Å²) < 4.78 is 61.6. The number of aromatic nitrogens is 1. The number of piperidine rings is 2. The average Bonchev–Trinajstić information content (AvgIpc) is 3.58. The Balaban J connectivity index is 0.943.